The van der Waals surface area contributed by atoms with E-state index in [4.69, 9.17) is 0 Å². The van der Waals surface area contributed by atoms with Crippen molar-refractivity contribution in [2.45, 2.75) is 25.4 Å². The number of rotatable bonds is 4. The summed E-state index contributed by atoms with van der Waals surface area (Å²) in [5.74, 6) is 0.119. The standard InChI is InChI=1S/C14H13BrN2OS/c15-13-6-11(9-19-13)14(18)17(12-3-4-12)8-10-2-1-5-16-7-10/h1-2,5-7,9,12H,3-4,8H2. The highest BCUT2D eigenvalue weighted by atomic mass is 79.9. The average Bonchev–Trinajstić information content (AvgIpc) is 3.18. The Kier molecular flexibility index (Phi) is 3.66. The smallest absolute Gasteiger partial charge is 0.255 e. The number of aromatic nitrogens is 1. The fourth-order valence-corrected chi connectivity index (χ4v) is 3.16. The molecule has 2 aromatic rings. The predicted molar refractivity (Wildman–Crippen MR) is 79.2 cm³/mol. The third-order valence-electron chi connectivity index (χ3n) is 3.14. The molecule has 2 aromatic heterocycles. The summed E-state index contributed by atoms with van der Waals surface area (Å²) in [5, 5.41) is 1.91. The third-order valence-corrected chi connectivity index (χ3v) is 4.64. The Morgan fingerprint density at radius 2 is 2.37 bits per heavy atom. The molecule has 0 saturated heterocycles. The molecule has 2 heterocycles. The van der Waals surface area contributed by atoms with Gasteiger partial charge in [0.1, 0.15) is 0 Å². The van der Waals surface area contributed by atoms with Crippen molar-refractivity contribution < 1.29 is 4.79 Å². The molecule has 0 unspecified atom stereocenters. The van der Waals surface area contributed by atoms with Crippen LogP contribution in [-0.2, 0) is 6.54 Å². The van der Waals surface area contributed by atoms with Crippen LogP contribution in [0.15, 0.2) is 39.8 Å². The highest BCUT2D eigenvalue weighted by molar-refractivity contribution is 9.11. The van der Waals surface area contributed by atoms with Crippen LogP contribution in [0.5, 0.6) is 0 Å². The van der Waals surface area contributed by atoms with E-state index in [2.05, 4.69) is 20.9 Å². The van der Waals surface area contributed by atoms with Crippen molar-refractivity contribution in [1.82, 2.24) is 9.88 Å². The van der Waals surface area contributed by atoms with Crippen molar-refractivity contribution in [3.05, 3.63) is 50.9 Å². The van der Waals surface area contributed by atoms with Crippen LogP contribution in [0, 0.1) is 0 Å². The highest BCUT2D eigenvalue weighted by Crippen LogP contribution is 2.31. The molecule has 0 N–H and O–H groups in total. The molecule has 1 saturated carbocycles. The number of thiophene rings is 1. The molecule has 19 heavy (non-hydrogen) atoms. The van der Waals surface area contributed by atoms with E-state index in [-0.39, 0.29) is 5.91 Å². The molecule has 3 nitrogen and oxygen atoms in total. The quantitative estimate of drug-likeness (QED) is 0.852. The summed E-state index contributed by atoms with van der Waals surface area (Å²) < 4.78 is 0.993. The van der Waals surface area contributed by atoms with Crippen molar-refractivity contribution in [1.29, 1.82) is 0 Å². The maximum absolute atomic E-state index is 12.5. The van der Waals surface area contributed by atoms with E-state index in [1.165, 1.54) is 0 Å². The Morgan fingerprint density at radius 3 is 2.95 bits per heavy atom. The number of carbonyl (C=O) groups is 1. The van der Waals surface area contributed by atoms with Gasteiger partial charge in [-0.15, -0.1) is 11.3 Å². The Bertz CT molecular complexity index is 580. The van der Waals surface area contributed by atoms with E-state index in [1.54, 1.807) is 17.5 Å². The van der Waals surface area contributed by atoms with Crippen LogP contribution in [-0.4, -0.2) is 21.8 Å². The fourth-order valence-electron chi connectivity index (χ4n) is 2.03. The molecule has 1 aliphatic carbocycles. The van der Waals surface area contributed by atoms with E-state index >= 15 is 0 Å². The molecule has 1 fully saturated rings. The average molecular weight is 337 g/mol. The van der Waals surface area contributed by atoms with E-state index in [0.717, 1.165) is 27.8 Å². The summed E-state index contributed by atoms with van der Waals surface area (Å²) in [7, 11) is 0. The lowest BCUT2D eigenvalue weighted by Crippen LogP contribution is -2.32. The lowest BCUT2D eigenvalue weighted by Gasteiger charge is -2.21. The first kappa shape index (κ1) is 12.8. The molecule has 0 atom stereocenters. The molecule has 3 rings (SSSR count). The molecule has 1 aliphatic rings. The normalized spacial score (nSPS) is 14.4. The zero-order valence-corrected chi connectivity index (χ0v) is 12.7. The van der Waals surface area contributed by atoms with Crippen LogP contribution in [0.4, 0.5) is 0 Å². The van der Waals surface area contributed by atoms with Gasteiger partial charge in [0.05, 0.1) is 9.35 Å². The summed E-state index contributed by atoms with van der Waals surface area (Å²) in [6, 6.07) is 6.21. The van der Waals surface area contributed by atoms with Crippen LogP contribution in [0.2, 0.25) is 0 Å². The first-order chi connectivity index (χ1) is 9.24. The van der Waals surface area contributed by atoms with Gasteiger partial charge in [-0.25, -0.2) is 0 Å². The molecule has 98 valence electrons. The number of amides is 1. The molecular weight excluding hydrogens is 324 g/mol. The topological polar surface area (TPSA) is 33.2 Å². The first-order valence-electron chi connectivity index (χ1n) is 6.18. The van der Waals surface area contributed by atoms with Gasteiger partial charge in [-0.05, 0) is 46.5 Å². The van der Waals surface area contributed by atoms with Crippen LogP contribution in [0.25, 0.3) is 0 Å². The van der Waals surface area contributed by atoms with Crippen LogP contribution in [0.1, 0.15) is 28.8 Å². The van der Waals surface area contributed by atoms with Crippen molar-refractivity contribution in [2.75, 3.05) is 0 Å². The molecule has 0 aromatic carbocycles. The SMILES string of the molecule is O=C(c1csc(Br)c1)N(Cc1cccnc1)C1CC1. The second-order valence-corrected chi connectivity index (χ2v) is 6.96. The lowest BCUT2D eigenvalue weighted by molar-refractivity contribution is 0.0730. The van der Waals surface area contributed by atoms with Gasteiger partial charge in [-0.2, -0.15) is 0 Å². The molecule has 1 amide bonds. The zero-order valence-electron chi connectivity index (χ0n) is 10.3. The molecule has 5 heteroatoms. The summed E-state index contributed by atoms with van der Waals surface area (Å²) in [6.07, 6.45) is 5.80. The monoisotopic (exact) mass is 336 g/mol. The zero-order chi connectivity index (χ0) is 13.2. The Balaban J connectivity index is 1.79. The minimum atomic E-state index is 0.119. The van der Waals surface area contributed by atoms with Crippen LogP contribution >= 0.6 is 27.3 Å². The Labute approximate surface area is 124 Å². The van der Waals surface area contributed by atoms with E-state index in [9.17, 15) is 4.79 Å². The number of hydrogen-bond acceptors (Lipinski definition) is 3. The lowest BCUT2D eigenvalue weighted by atomic mass is 10.2. The van der Waals surface area contributed by atoms with Crippen molar-refractivity contribution in [3.8, 4) is 0 Å². The van der Waals surface area contributed by atoms with Gasteiger partial charge >= 0.3 is 0 Å². The van der Waals surface area contributed by atoms with Crippen LogP contribution in [0.3, 0.4) is 0 Å². The fraction of sp³-hybridized carbons (Fsp3) is 0.286. The van der Waals surface area contributed by atoms with Gasteiger partial charge in [-0.3, -0.25) is 9.78 Å². The summed E-state index contributed by atoms with van der Waals surface area (Å²) in [6.45, 7) is 0.644. The minimum absolute atomic E-state index is 0.119. The second kappa shape index (κ2) is 5.43. The molecule has 0 bridgehead atoms. The van der Waals surface area contributed by atoms with Gasteiger partial charge < -0.3 is 4.90 Å². The Morgan fingerprint density at radius 1 is 1.53 bits per heavy atom. The third kappa shape index (κ3) is 3.04. The number of nitrogens with zero attached hydrogens (tertiary/aromatic N) is 2. The summed E-state index contributed by atoms with van der Waals surface area (Å²) in [4.78, 5) is 18.6. The van der Waals surface area contributed by atoms with Gasteiger partial charge in [0, 0.05) is 30.4 Å². The number of carbonyl (C=O) groups excluding carboxylic acids is 1. The number of pyridine rings is 1. The van der Waals surface area contributed by atoms with Gasteiger partial charge in [0.25, 0.3) is 5.91 Å². The van der Waals surface area contributed by atoms with E-state index in [0.29, 0.717) is 12.6 Å². The molecule has 0 spiro atoms. The minimum Gasteiger partial charge on any atom is -0.331 e. The molecule has 0 aliphatic heterocycles. The second-order valence-electron chi connectivity index (χ2n) is 4.66. The van der Waals surface area contributed by atoms with Crippen molar-refractivity contribution >= 4 is 33.2 Å². The van der Waals surface area contributed by atoms with Crippen molar-refractivity contribution in [2.24, 2.45) is 0 Å². The maximum Gasteiger partial charge on any atom is 0.255 e. The summed E-state index contributed by atoms with van der Waals surface area (Å²) >= 11 is 4.95. The van der Waals surface area contributed by atoms with Crippen LogP contribution < -0.4 is 0 Å². The predicted octanol–water partition coefficient (Wildman–Crippen LogP) is 3.71. The Hall–Kier alpha value is -1.20. The first-order valence-corrected chi connectivity index (χ1v) is 7.85. The maximum atomic E-state index is 12.5. The van der Waals surface area contributed by atoms with Gasteiger partial charge in [0.2, 0.25) is 0 Å². The van der Waals surface area contributed by atoms with Crippen molar-refractivity contribution in [3.63, 3.8) is 0 Å². The molecule has 0 radical (unpaired) electrons. The van der Waals surface area contributed by atoms with E-state index < -0.39 is 0 Å². The van der Waals surface area contributed by atoms with Gasteiger partial charge in [0.15, 0.2) is 0 Å². The molecular formula is C14H13BrN2OS. The largest absolute Gasteiger partial charge is 0.331 e. The summed E-state index contributed by atoms with van der Waals surface area (Å²) in [5.41, 5.74) is 1.85. The van der Waals surface area contributed by atoms with Gasteiger partial charge in [-0.1, -0.05) is 6.07 Å². The number of hydrogen-bond donors (Lipinski definition) is 0. The van der Waals surface area contributed by atoms with E-state index in [1.807, 2.05) is 34.7 Å². The number of halogens is 1. The highest BCUT2D eigenvalue weighted by Gasteiger charge is 2.33.